The fourth-order valence-corrected chi connectivity index (χ4v) is 13.7. The highest BCUT2D eigenvalue weighted by atomic mass is 35.5. The lowest BCUT2D eigenvalue weighted by molar-refractivity contribution is 0.112. The van der Waals surface area contributed by atoms with Crippen LogP contribution >= 0.6 is 69.6 Å². The maximum atomic E-state index is 13.5. The average Bonchev–Trinajstić information content (AvgIpc) is 1.66. The predicted octanol–water partition coefficient (Wildman–Crippen LogP) is 18.8. The number of benzene rings is 2. The first kappa shape index (κ1) is 106. The zero-order valence-corrected chi connectivity index (χ0v) is 79.3. The summed E-state index contributed by atoms with van der Waals surface area (Å²) < 4.78 is 104. The predicted molar refractivity (Wildman–Crippen MR) is 521 cm³/mol. The van der Waals surface area contributed by atoms with Gasteiger partial charge in [-0.3, -0.25) is 14.5 Å². The smallest absolute Gasteiger partial charge is 0.418 e. The molecule has 0 unspecified atom stereocenters. The Labute approximate surface area is 816 Å². The van der Waals surface area contributed by atoms with Gasteiger partial charge in [0.25, 0.3) is 0 Å². The molecule has 0 saturated heterocycles. The molecule has 2 aliphatic heterocycles. The van der Waals surface area contributed by atoms with E-state index >= 15 is 0 Å². The van der Waals surface area contributed by atoms with Gasteiger partial charge in [0, 0.05) is 129 Å². The number of aliphatic hydroxyl groups excluding tert-OH is 4. The molecule has 0 amide bonds. The highest BCUT2D eigenvalue weighted by Gasteiger charge is 2.19. The molecule has 16 heterocycles. The van der Waals surface area contributed by atoms with Crippen LogP contribution in [0.1, 0.15) is 22.3 Å². The van der Waals surface area contributed by atoms with Gasteiger partial charge in [-0.25, -0.2) is 52.3 Å². The van der Waals surface area contributed by atoms with Crippen molar-refractivity contribution in [2.24, 2.45) is 0 Å². The maximum Gasteiger partial charge on any atom is 0.418 e. The molecule has 0 atom stereocenters. The Balaban J connectivity index is 0.000000163. The Morgan fingerprint density at radius 2 is 0.949 bits per heavy atom. The van der Waals surface area contributed by atoms with Crippen molar-refractivity contribution in [2.45, 2.75) is 26.1 Å². The van der Waals surface area contributed by atoms with Crippen LogP contribution < -0.4 is 28.4 Å². The first-order valence-electron chi connectivity index (χ1n) is 41.6. The summed E-state index contributed by atoms with van der Waals surface area (Å²) in [5.74, 6) is 1.59. The van der Waals surface area contributed by atoms with Gasteiger partial charge >= 0.3 is 6.09 Å². The zero-order chi connectivity index (χ0) is 99.2. The molecule has 9 N–H and O–H groups in total. The van der Waals surface area contributed by atoms with Gasteiger partial charge in [0.2, 0.25) is 0 Å². The maximum absolute atomic E-state index is 13.5. The van der Waals surface area contributed by atoms with Gasteiger partial charge in [0.05, 0.1) is 182 Å². The Hall–Kier alpha value is -13.8. The summed E-state index contributed by atoms with van der Waals surface area (Å²) in [5, 5.41) is 52.8. The van der Waals surface area contributed by atoms with Crippen molar-refractivity contribution in [3.05, 3.63) is 297 Å². The quantitative estimate of drug-likeness (QED) is 0.00723. The number of nitrogens with zero attached hydrogens (tertiary/aromatic N) is 14. The zero-order valence-electron chi connectivity index (χ0n) is 74.7. The molecule has 0 fully saturated rings. The largest absolute Gasteiger partial charge is 0.497 e. The molecule has 2 aromatic carbocycles. The highest BCUT2D eigenvalue weighted by Crippen LogP contribution is 2.34. The monoisotopic (exact) mass is 2010 g/mol. The van der Waals surface area contributed by atoms with Crippen molar-refractivity contribution in [3.8, 4) is 52.0 Å². The molecule has 43 heteroatoms. The first-order chi connectivity index (χ1) is 66.7. The number of H-pyrrole nitrogens is 4. The number of fused-ring (bicyclic) bond motifs is 8. The molecule has 2 aliphatic rings. The summed E-state index contributed by atoms with van der Waals surface area (Å²) in [6, 6.07) is 40.8. The number of nitrogens with one attached hydrogen (secondary N) is 4. The third-order valence-corrected chi connectivity index (χ3v) is 20.5. The molecule has 0 aliphatic carbocycles. The Kier molecular flexibility index (Phi) is 41.7. The molecule has 16 aromatic rings. The molecule has 0 saturated carbocycles. The van der Waals surface area contributed by atoms with Crippen LogP contribution in [0.4, 0.5) is 22.4 Å². The van der Waals surface area contributed by atoms with E-state index in [1.165, 1.54) is 49.5 Å². The topological polar surface area (TPSA) is 414 Å². The molecule has 0 bridgehead atoms. The normalized spacial score (nSPS) is 10.7. The van der Waals surface area contributed by atoms with Crippen LogP contribution in [0.15, 0.2) is 221 Å². The van der Waals surface area contributed by atoms with Crippen molar-refractivity contribution < 1.29 is 90.6 Å². The molecule has 18 rings (SSSR count). The van der Waals surface area contributed by atoms with Crippen LogP contribution in [0, 0.1) is 34.6 Å². The van der Waals surface area contributed by atoms with E-state index in [0.29, 0.717) is 111 Å². The standard InChI is InChI=1S/C20H21ClN2O3.C15H12ClFN2O.C12H16ClN3O2.C11H10ClN3O2.C9H6ClFN2O2.C9H9ClN2O2.C7H5FN2O.C7H5FN2.C5H10O2/c1-3-10-25-11-12-26-19-13-18-17(22-20(19)21)8-9-23(18)14-15-4-6-16(24-2)7-5-15;1-20-11-4-2-10(3-5-11)9-19-7-6-13-14(19)8-12(17)15(16)18-13;1-16(2)7-8-6-14-9-5-10(18-4-3-17)12(13)15-11(8)9;12-11-9(17-4-3-16)5-8-10(15-11)7(1-2-13)6-14-8;1-15-9(14)13-3-2-6-7(13)4-5(11)8(10)12-6;10-9-8(14-4-3-13)5-7-6(12-9)1-2-11-7;8-5-3-6-7(1-2-9-6)10(11)4-5;8-5-3-7-6(10-4-5)1-2-9-7;1-2-4-7-5-3-6/h3-9,13H,1,10-12,14H2,2H3;2-8H,9H2,1H3;5-6,14,17H,3-4,7H2,1-2H3;5-6,14,16H,1,3-4H2;2-4H,1H3;1-2,5,11,13H,3-4H2;1-4,11H;1-4,9H;2,6H,1,3-5H2. The number of rotatable bonds is 28. The van der Waals surface area contributed by atoms with Gasteiger partial charge in [-0.15, -0.1) is 13.2 Å². The minimum absolute atomic E-state index is 0.0426. The lowest BCUT2D eigenvalue weighted by Gasteiger charge is -2.10. The minimum Gasteiger partial charge on any atom is -0.497 e. The van der Waals surface area contributed by atoms with Gasteiger partial charge < -0.3 is 102 Å². The molecule has 33 nitrogen and oxygen atoms in total. The van der Waals surface area contributed by atoms with Crippen molar-refractivity contribution in [1.82, 2.24) is 83.1 Å². The number of hydrogen-bond acceptors (Lipinski definition) is 25. The summed E-state index contributed by atoms with van der Waals surface area (Å²) in [7, 11) is 8.53. The summed E-state index contributed by atoms with van der Waals surface area (Å²) in [5.41, 5.74) is 15.4. The number of aromatic nitrogens is 16. The van der Waals surface area contributed by atoms with E-state index < -0.39 is 23.5 Å². The number of halogens is 10. The van der Waals surface area contributed by atoms with Gasteiger partial charge in [0.15, 0.2) is 65.6 Å². The van der Waals surface area contributed by atoms with Crippen LogP contribution in [0.5, 0.6) is 34.5 Å². The van der Waals surface area contributed by atoms with E-state index in [-0.39, 0.29) is 73.9 Å². The second kappa shape index (κ2) is 54.2. The second-order valence-electron chi connectivity index (χ2n) is 28.8. The van der Waals surface area contributed by atoms with E-state index in [1.54, 1.807) is 81.4 Å². The molecule has 138 heavy (non-hydrogen) atoms. The Bertz CT molecular complexity index is 6970. The van der Waals surface area contributed by atoms with Crippen LogP contribution in [0.3, 0.4) is 0 Å². The highest BCUT2D eigenvalue weighted by molar-refractivity contribution is 6.33. The number of carbonyl (C=O) groups is 1. The minimum atomic E-state index is -0.673. The number of nitriles is 1. The van der Waals surface area contributed by atoms with Gasteiger partial charge in [0.1, 0.15) is 55.3 Å². The number of aliphatic hydroxyl groups is 4. The SMILES string of the molecule is C=CCOCCO.C=CCOCCOc1cc2c(ccn2Cc2ccc(OC)cc2)nc1Cl.CN(C)Cc1c[nH]c2cc(OCCO)c(Cl)nc12.COC(=O)n1ccc2nc(Cl)c(F)cc21.COc1ccc(Cn2ccc3nc(Cl)c(F)cc32)cc1.Fc1cnc2cc[nH]c2c1.N#CCc1c[nH]c2cc(OCCO)c(Cl)nc12.OCCOc1cc2[nH]ccc2nc1Cl.On1cc(F)cc2nccc1-2. The third kappa shape index (κ3) is 30.6. The van der Waals surface area contributed by atoms with Gasteiger partial charge in [-0.2, -0.15) is 9.99 Å². The van der Waals surface area contributed by atoms with Crippen LogP contribution in [0.2, 0.25) is 30.9 Å². The number of methoxy groups -OCH3 is 3. The second-order valence-corrected chi connectivity index (χ2v) is 30.9. The van der Waals surface area contributed by atoms with Crippen molar-refractivity contribution in [2.75, 3.05) is 115 Å². The number of pyridine rings is 8. The summed E-state index contributed by atoms with van der Waals surface area (Å²) >= 11 is 35.3. The Morgan fingerprint density at radius 1 is 0.493 bits per heavy atom. The average molecular weight is 2020 g/mol. The van der Waals surface area contributed by atoms with Crippen molar-refractivity contribution in [3.63, 3.8) is 0 Å². The summed E-state index contributed by atoms with van der Waals surface area (Å²) in [6.45, 7) is 12.0. The van der Waals surface area contributed by atoms with Crippen LogP contribution in [0.25, 0.3) is 88.6 Å². The lowest BCUT2D eigenvalue weighted by atomic mass is 10.2. The number of carbonyl (C=O) groups excluding carboxylic acids is 1. The van der Waals surface area contributed by atoms with Crippen LogP contribution in [-0.4, -0.2) is 230 Å². The number of aromatic amines is 4. The number of hydrogen-bond donors (Lipinski definition) is 9. The lowest BCUT2D eigenvalue weighted by Crippen LogP contribution is -2.10. The van der Waals surface area contributed by atoms with E-state index in [4.69, 9.17) is 138 Å². The van der Waals surface area contributed by atoms with E-state index in [0.717, 1.165) is 118 Å². The van der Waals surface area contributed by atoms with Crippen molar-refractivity contribution in [1.29, 1.82) is 5.26 Å². The number of ether oxygens (including phenoxy) is 9. The van der Waals surface area contributed by atoms with E-state index in [1.807, 2.05) is 110 Å². The molecule has 724 valence electrons. The van der Waals surface area contributed by atoms with Gasteiger partial charge in [-0.05, 0) is 85.9 Å². The first-order valence-corrected chi connectivity index (χ1v) is 43.9. The van der Waals surface area contributed by atoms with E-state index in [2.05, 4.69) is 93.2 Å². The molecular weight excluding hydrogens is 1920 g/mol. The molecular formula is C95H94Cl6F4N18O15. The fourth-order valence-electron chi connectivity index (χ4n) is 12.7. The molecule has 14 aromatic heterocycles. The summed E-state index contributed by atoms with van der Waals surface area (Å²) in [4.78, 5) is 57.8. The fraction of sp³-hybridized carbons (Fsp3) is 0.221. The van der Waals surface area contributed by atoms with Crippen LogP contribution in [-0.2, 0) is 40.3 Å². The molecule has 0 spiro atoms. The summed E-state index contributed by atoms with van der Waals surface area (Å²) in [6.07, 6.45) is 19.2. The third-order valence-electron chi connectivity index (χ3n) is 18.9. The molecule has 0 radical (unpaired) electrons. The van der Waals surface area contributed by atoms with Gasteiger partial charge in [-0.1, -0.05) is 106 Å². The van der Waals surface area contributed by atoms with E-state index in [9.17, 15) is 22.4 Å². The Morgan fingerprint density at radius 3 is 1.47 bits per heavy atom. The van der Waals surface area contributed by atoms with Crippen molar-refractivity contribution >= 4 is 153 Å².